The Labute approximate surface area is 165 Å². The lowest BCUT2D eigenvalue weighted by Crippen LogP contribution is -2.27. The molecule has 3 rings (SSSR count). The molecule has 1 heterocycles. The molecule has 0 saturated heterocycles. The molecular formula is C23H27N3O2. The van der Waals surface area contributed by atoms with Crippen molar-refractivity contribution < 1.29 is 9.59 Å². The molecule has 28 heavy (non-hydrogen) atoms. The van der Waals surface area contributed by atoms with E-state index in [-0.39, 0.29) is 11.8 Å². The number of benzene rings is 2. The van der Waals surface area contributed by atoms with Crippen LogP contribution in [-0.2, 0) is 0 Å². The van der Waals surface area contributed by atoms with Crippen LogP contribution in [0.5, 0.6) is 0 Å². The normalized spacial score (nSPS) is 11.1. The van der Waals surface area contributed by atoms with Crippen LogP contribution >= 0.6 is 0 Å². The molecule has 146 valence electrons. The van der Waals surface area contributed by atoms with Gasteiger partial charge in [-0.2, -0.15) is 0 Å². The molecule has 0 radical (unpaired) electrons. The summed E-state index contributed by atoms with van der Waals surface area (Å²) in [7, 11) is 0. The maximum Gasteiger partial charge on any atom is 0.272 e. The first-order valence-corrected chi connectivity index (χ1v) is 9.55. The number of aryl methyl sites for hydroxylation is 3. The third kappa shape index (κ3) is 4.09. The molecule has 5 nitrogen and oxygen atoms in total. The SMILES string of the molecule is Cc1ccc2[nH]c(C(=O)Nc3cc(C(=O)NCC(C)C)ccc3C)c(C)c2c1. The Bertz CT molecular complexity index is 1050. The quantitative estimate of drug-likeness (QED) is 0.601. The van der Waals surface area contributed by atoms with E-state index < -0.39 is 0 Å². The van der Waals surface area contributed by atoms with Crippen molar-refractivity contribution in [2.75, 3.05) is 11.9 Å². The van der Waals surface area contributed by atoms with Crippen LogP contribution in [0.4, 0.5) is 5.69 Å². The summed E-state index contributed by atoms with van der Waals surface area (Å²) in [6.45, 7) is 10.6. The Morgan fingerprint density at radius 3 is 2.46 bits per heavy atom. The largest absolute Gasteiger partial charge is 0.352 e. The minimum atomic E-state index is -0.214. The van der Waals surface area contributed by atoms with E-state index in [1.54, 1.807) is 12.1 Å². The van der Waals surface area contributed by atoms with Gasteiger partial charge in [-0.15, -0.1) is 0 Å². The van der Waals surface area contributed by atoms with Gasteiger partial charge in [0.05, 0.1) is 0 Å². The van der Waals surface area contributed by atoms with Gasteiger partial charge in [-0.1, -0.05) is 31.5 Å². The van der Waals surface area contributed by atoms with Gasteiger partial charge in [0.25, 0.3) is 11.8 Å². The van der Waals surface area contributed by atoms with Gasteiger partial charge in [-0.25, -0.2) is 0 Å². The number of rotatable bonds is 5. The van der Waals surface area contributed by atoms with Crippen LogP contribution in [0, 0.1) is 26.7 Å². The van der Waals surface area contributed by atoms with Crippen LogP contribution in [0.15, 0.2) is 36.4 Å². The van der Waals surface area contributed by atoms with Crippen LogP contribution in [0.3, 0.4) is 0 Å². The summed E-state index contributed by atoms with van der Waals surface area (Å²) in [5, 5.41) is 6.90. The van der Waals surface area contributed by atoms with Gasteiger partial charge in [0.2, 0.25) is 0 Å². The van der Waals surface area contributed by atoms with Crippen LogP contribution in [-0.4, -0.2) is 23.3 Å². The first kappa shape index (κ1) is 19.7. The molecule has 0 unspecified atom stereocenters. The number of hydrogen-bond donors (Lipinski definition) is 3. The number of carbonyl (C=O) groups is 2. The van der Waals surface area contributed by atoms with Crippen molar-refractivity contribution in [3.63, 3.8) is 0 Å². The number of fused-ring (bicyclic) bond motifs is 1. The monoisotopic (exact) mass is 377 g/mol. The van der Waals surface area contributed by atoms with E-state index in [1.165, 1.54) is 0 Å². The van der Waals surface area contributed by atoms with E-state index in [0.29, 0.717) is 29.4 Å². The van der Waals surface area contributed by atoms with E-state index >= 15 is 0 Å². The molecule has 0 fully saturated rings. The summed E-state index contributed by atoms with van der Waals surface area (Å²) in [4.78, 5) is 28.4. The number of anilines is 1. The molecule has 1 aromatic heterocycles. The molecule has 0 atom stereocenters. The van der Waals surface area contributed by atoms with Crippen molar-refractivity contribution in [3.8, 4) is 0 Å². The maximum absolute atomic E-state index is 12.9. The van der Waals surface area contributed by atoms with Gasteiger partial charge < -0.3 is 15.6 Å². The fourth-order valence-electron chi connectivity index (χ4n) is 3.15. The Kier molecular flexibility index (Phi) is 5.54. The summed E-state index contributed by atoms with van der Waals surface area (Å²) in [5.41, 5.74) is 5.61. The second-order valence-electron chi connectivity index (χ2n) is 7.76. The van der Waals surface area contributed by atoms with Gasteiger partial charge >= 0.3 is 0 Å². The highest BCUT2D eigenvalue weighted by Gasteiger charge is 2.17. The van der Waals surface area contributed by atoms with Gasteiger partial charge in [-0.3, -0.25) is 9.59 Å². The minimum Gasteiger partial charge on any atom is -0.352 e. The topological polar surface area (TPSA) is 74.0 Å². The smallest absolute Gasteiger partial charge is 0.272 e. The first-order chi connectivity index (χ1) is 13.3. The molecule has 0 saturated carbocycles. The molecule has 0 aliphatic heterocycles. The predicted molar refractivity (Wildman–Crippen MR) is 114 cm³/mol. The Morgan fingerprint density at radius 1 is 1.00 bits per heavy atom. The first-order valence-electron chi connectivity index (χ1n) is 9.55. The van der Waals surface area contributed by atoms with Crippen molar-refractivity contribution in [3.05, 3.63) is 64.3 Å². The zero-order valence-corrected chi connectivity index (χ0v) is 17.1. The second-order valence-corrected chi connectivity index (χ2v) is 7.76. The molecule has 0 aliphatic carbocycles. The number of carbonyl (C=O) groups excluding carboxylic acids is 2. The Hall–Kier alpha value is -3.08. The average molecular weight is 377 g/mol. The maximum atomic E-state index is 12.9. The lowest BCUT2D eigenvalue weighted by Gasteiger charge is -2.12. The molecular weight excluding hydrogens is 350 g/mol. The van der Waals surface area contributed by atoms with E-state index in [4.69, 9.17) is 0 Å². The van der Waals surface area contributed by atoms with E-state index in [1.807, 2.05) is 52.8 Å². The second kappa shape index (κ2) is 7.89. The average Bonchev–Trinajstić information content (AvgIpc) is 2.97. The van der Waals surface area contributed by atoms with Crippen LogP contribution in [0.1, 0.15) is 51.4 Å². The lowest BCUT2D eigenvalue weighted by atomic mass is 10.1. The standard InChI is InChI=1S/C23H27N3O2/c1-13(2)12-24-22(27)17-8-7-15(4)20(11-17)26-23(28)21-16(5)18-10-14(3)6-9-19(18)25-21/h6-11,13,25H,12H2,1-5H3,(H,24,27)(H,26,28). The molecule has 0 aliphatic rings. The summed E-state index contributed by atoms with van der Waals surface area (Å²) in [6.07, 6.45) is 0. The minimum absolute atomic E-state index is 0.138. The highest BCUT2D eigenvalue weighted by atomic mass is 16.2. The van der Waals surface area contributed by atoms with Crippen LogP contribution in [0.2, 0.25) is 0 Å². The number of aromatic amines is 1. The van der Waals surface area contributed by atoms with Crippen molar-refractivity contribution in [2.45, 2.75) is 34.6 Å². The molecule has 3 N–H and O–H groups in total. The Balaban J connectivity index is 1.85. The molecule has 2 aromatic carbocycles. The lowest BCUT2D eigenvalue weighted by molar-refractivity contribution is 0.0947. The molecule has 3 aromatic rings. The fraction of sp³-hybridized carbons (Fsp3) is 0.304. The highest BCUT2D eigenvalue weighted by Crippen LogP contribution is 2.24. The van der Waals surface area contributed by atoms with Crippen molar-refractivity contribution in [1.82, 2.24) is 10.3 Å². The summed E-state index contributed by atoms with van der Waals surface area (Å²) < 4.78 is 0. The number of H-pyrrole nitrogens is 1. The van der Waals surface area contributed by atoms with Gasteiger partial charge in [0.15, 0.2) is 0 Å². The molecule has 0 spiro atoms. The molecule has 0 bridgehead atoms. The van der Waals surface area contributed by atoms with Crippen LogP contribution < -0.4 is 10.6 Å². The van der Waals surface area contributed by atoms with Crippen molar-refractivity contribution in [1.29, 1.82) is 0 Å². The zero-order chi connectivity index (χ0) is 20.4. The molecule has 2 amide bonds. The summed E-state index contributed by atoms with van der Waals surface area (Å²) in [5.74, 6) is 0.0258. The van der Waals surface area contributed by atoms with E-state index in [2.05, 4.69) is 21.7 Å². The van der Waals surface area contributed by atoms with E-state index in [0.717, 1.165) is 27.6 Å². The fourth-order valence-corrected chi connectivity index (χ4v) is 3.15. The van der Waals surface area contributed by atoms with Crippen LogP contribution in [0.25, 0.3) is 10.9 Å². The third-order valence-electron chi connectivity index (χ3n) is 4.86. The number of hydrogen-bond acceptors (Lipinski definition) is 2. The number of amides is 2. The van der Waals surface area contributed by atoms with Gasteiger partial charge in [0, 0.05) is 28.7 Å². The predicted octanol–water partition coefficient (Wildman–Crippen LogP) is 4.73. The summed E-state index contributed by atoms with van der Waals surface area (Å²) >= 11 is 0. The zero-order valence-electron chi connectivity index (χ0n) is 17.1. The van der Waals surface area contributed by atoms with Crippen molar-refractivity contribution in [2.24, 2.45) is 5.92 Å². The summed E-state index contributed by atoms with van der Waals surface area (Å²) in [6, 6.07) is 11.4. The number of nitrogens with one attached hydrogen (secondary N) is 3. The third-order valence-corrected chi connectivity index (χ3v) is 4.86. The molecule has 5 heteroatoms. The number of aromatic nitrogens is 1. The highest BCUT2D eigenvalue weighted by molar-refractivity contribution is 6.08. The van der Waals surface area contributed by atoms with E-state index in [9.17, 15) is 9.59 Å². The van der Waals surface area contributed by atoms with Gasteiger partial charge in [0.1, 0.15) is 5.69 Å². The van der Waals surface area contributed by atoms with Gasteiger partial charge in [-0.05, 0) is 62.1 Å². The van der Waals surface area contributed by atoms with Crippen molar-refractivity contribution >= 4 is 28.4 Å². The Morgan fingerprint density at radius 2 is 1.75 bits per heavy atom.